The molecule has 0 saturated heterocycles. The third-order valence-electron chi connectivity index (χ3n) is 9.54. The van der Waals surface area contributed by atoms with Gasteiger partial charge in [-0.15, -0.1) is 23.1 Å². The minimum Gasteiger partial charge on any atom is -0.496 e. The topological polar surface area (TPSA) is 120 Å². The predicted octanol–water partition coefficient (Wildman–Crippen LogP) is 9.78. The number of hydrogen-bond acceptors (Lipinski definition) is 7. The predicted molar refractivity (Wildman–Crippen MR) is 224 cm³/mol. The molecule has 0 saturated carbocycles. The minimum atomic E-state index is -0.670. The minimum absolute atomic E-state index is 0.0185. The molecule has 56 heavy (non-hydrogen) atoms. The molecule has 2 atom stereocenters. The van der Waals surface area contributed by atoms with Crippen LogP contribution in [0.3, 0.4) is 0 Å². The van der Waals surface area contributed by atoms with E-state index in [4.69, 9.17) is 4.74 Å². The second-order valence-electron chi connectivity index (χ2n) is 13.2. The van der Waals surface area contributed by atoms with E-state index < -0.39 is 17.1 Å². The van der Waals surface area contributed by atoms with E-state index in [1.165, 1.54) is 28.7 Å². The molecule has 1 aliphatic rings. The van der Waals surface area contributed by atoms with Crippen molar-refractivity contribution in [1.29, 1.82) is 5.26 Å². The summed E-state index contributed by atoms with van der Waals surface area (Å²) in [7, 11) is 1.54. The number of methoxy groups -OCH3 is 1. The van der Waals surface area contributed by atoms with Gasteiger partial charge in [-0.1, -0.05) is 103 Å². The number of para-hydroxylation sites is 1. The smallest absolute Gasteiger partial charge is 0.272 e. The van der Waals surface area contributed by atoms with Crippen molar-refractivity contribution in [2.24, 2.45) is 0 Å². The van der Waals surface area contributed by atoms with Gasteiger partial charge in [0, 0.05) is 26.6 Å². The molecule has 1 aliphatic carbocycles. The van der Waals surface area contributed by atoms with Gasteiger partial charge in [-0.05, 0) is 84.3 Å². The Kier molecular flexibility index (Phi) is 12.1. The highest BCUT2D eigenvalue weighted by molar-refractivity contribution is 8.00. The Bertz CT molecular complexity index is 2420. The Labute approximate surface area is 334 Å². The molecule has 1 aromatic heterocycles. The molecule has 3 amide bonds. The van der Waals surface area contributed by atoms with E-state index >= 15 is 0 Å². The molecule has 8 nitrogen and oxygen atoms in total. The van der Waals surface area contributed by atoms with E-state index in [2.05, 4.69) is 46.3 Å². The number of thiophene rings is 1. The van der Waals surface area contributed by atoms with Crippen molar-refractivity contribution in [3.63, 3.8) is 0 Å². The zero-order valence-electron chi connectivity index (χ0n) is 30.5. The van der Waals surface area contributed by atoms with Crippen molar-refractivity contribution in [2.75, 3.05) is 17.7 Å². The zero-order valence-corrected chi connectivity index (χ0v) is 32.2. The van der Waals surface area contributed by atoms with Crippen molar-refractivity contribution in [3.8, 4) is 11.8 Å². The lowest BCUT2D eigenvalue weighted by molar-refractivity contribution is -0.116. The Morgan fingerprint density at radius 2 is 1.55 bits per heavy atom. The average Bonchev–Trinajstić information content (AvgIpc) is 3.59. The lowest BCUT2D eigenvalue weighted by Crippen LogP contribution is -2.30. The van der Waals surface area contributed by atoms with Gasteiger partial charge in [0.1, 0.15) is 27.8 Å². The van der Waals surface area contributed by atoms with Crippen LogP contribution >= 0.6 is 23.1 Å². The van der Waals surface area contributed by atoms with Crippen LogP contribution < -0.4 is 20.7 Å². The van der Waals surface area contributed by atoms with Gasteiger partial charge < -0.3 is 20.7 Å². The van der Waals surface area contributed by atoms with Gasteiger partial charge >= 0.3 is 0 Å². The second-order valence-corrected chi connectivity index (χ2v) is 15.5. The van der Waals surface area contributed by atoms with Crippen LogP contribution in [0.1, 0.15) is 60.6 Å². The first-order chi connectivity index (χ1) is 27.4. The van der Waals surface area contributed by atoms with E-state index in [1.54, 1.807) is 67.8 Å². The summed E-state index contributed by atoms with van der Waals surface area (Å²) in [4.78, 5) is 43.2. The number of thioether (sulfide) groups is 1. The molecule has 0 aliphatic heterocycles. The van der Waals surface area contributed by atoms with Gasteiger partial charge in [-0.25, -0.2) is 0 Å². The third-order valence-corrected chi connectivity index (χ3v) is 12.0. The number of rotatable bonds is 12. The van der Waals surface area contributed by atoms with Crippen LogP contribution in [0.2, 0.25) is 0 Å². The van der Waals surface area contributed by atoms with Crippen molar-refractivity contribution in [2.45, 2.75) is 35.3 Å². The molecule has 5 aromatic carbocycles. The maximum atomic E-state index is 14.2. The molecule has 3 N–H and O–H groups in total. The Balaban J connectivity index is 1.12. The first kappa shape index (κ1) is 37.9. The molecule has 278 valence electrons. The lowest BCUT2D eigenvalue weighted by atomic mass is 9.83. The van der Waals surface area contributed by atoms with Crippen LogP contribution in [-0.2, 0) is 22.4 Å². The van der Waals surface area contributed by atoms with Crippen LogP contribution in [-0.4, -0.2) is 24.8 Å². The summed E-state index contributed by atoms with van der Waals surface area (Å²) in [6.07, 6.45) is 4.13. The van der Waals surface area contributed by atoms with E-state index in [9.17, 15) is 19.6 Å². The van der Waals surface area contributed by atoms with Gasteiger partial charge in [0.05, 0.1) is 12.7 Å². The fourth-order valence-corrected chi connectivity index (χ4v) is 9.11. The zero-order chi connectivity index (χ0) is 38.9. The number of carbonyl (C=O) groups is 3. The van der Waals surface area contributed by atoms with Gasteiger partial charge in [-0.2, -0.15) is 5.26 Å². The highest BCUT2D eigenvalue weighted by Gasteiger charge is 2.29. The van der Waals surface area contributed by atoms with Gasteiger partial charge in [-0.3, -0.25) is 14.4 Å². The molecule has 10 heteroatoms. The largest absolute Gasteiger partial charge is 0.496 e. The molecule has 2 unspecified atom stereocenters. The van der Waals surface area contributed by atoms with Gasteiger partial charge in [0.25, 0.3) is 11.8 Å². The number of fused-ring (bicyclic) bond motifs is 1. The summed E-state index contributed by atoms with van der Waals surface area (Å²) >= 11 is 2.83. The van der Waals surface area contributed by atoms with Gasteiger partial charge in [0.2, 0.25) is 5.91 Å². The summed E-state index contributed by atoms with van der Waals surface area (Å²) in [5.41, 5.74) is 5.15. The Morgan fingerprint density at radius 1 is 0.857 bits per heavy atom. The van der Waals surface area contributed by atoms with Crippen LogP contribution in [0.4, 0.5) is 10.7 Å². The molecule has 0 radical (unpaired) electrons. The van der Waals surface area contributed by atoms with Crippen molar-refractivity contribution in [1.82, 2.24) is 5.32 Å². The molecule has 0 spiro atoms. The van der Waals surface area contributed by atoms with Crippen molar-refractivity contribution >= 4 is 57.6 Å². The first-order valence-corrected chi connectivity index (χ1v) is 19.8. The summed E-state index contributed by atoms with van der Waals surface area (Å²) in [5, 5.41) is 19.0. The normalized spacial score (nSPS) is 14.1. The van der Waals surface area contributed by atoms with Crippen LogP contribution in [0.15, 0.2) is 150 Å². The summed E-state index contributed by atoms with van der Waals surface area (Å²) < 4.78 is 5.50. The Hall–Kier alpha value is -6.41. The monoisotopic (exact) mass is 774 g/mol. The van der Waals surface area contributed by atoms with Gasteiger partial charge in [0.15, 0.2) is 0 Å². The number of ether oxygens (including phenoxy) is 1. The number of nitriles is 1. The molecule has 0 bridgehead atoms. The number of carbonyl (C=O) groups excluding carboxylic acids is 3. The first-order valence-electron chi connectivity index (χ1n) is 18.1. The van der Waals surface area contributed by atoms with E-state index in [0.29, 0.717) is 39.0 Å². The van der Waals surface area contributed by atoms with Crippen LogP contribution in [0.25, 0.3) is 6.08 Å². The lowest BCUT2D eigenvalue weighted by Gasteiger charge is -2.22. The SMILES string of the molecule is COc1ccccc1/C=C(/NC(=O)c1ccccc1)C(=O)Nc1cccc(SC(C(=O)Nc2sc3c(c2C#N)CCC(c2ccccc2)C3)c2ccccc2)c1. The number of nitrogens with one attached hydrogen (secondary N) is 3. The number of benzene rings is 5. The second kappa shape index (κ2) is 17.8. The highest BCUT2D eigenvalue weighted by Crippen LogP contribution is 2.44. The maximum absolute atomic E-state index is 14.2. The van der Waals surface area contributed by atoms with E-state index in [1.807, 2.05) is 60.7 Å². The third kappa shape index (κ3) is 8.92. The Morgan fingerprint density at radius 3 is 2.29 bits per heavy atom. The van der Waals surface area contributed by atoms with Crippen molar-refractivity contribution in [3.05, 3.63) is 183 Å². The number of hydrogen-bond donors (Lipinski definition) is 3. The molecule has 6 aromatic rings. The molecule has 1 heterocycles. The average molecular weight is 775 g/mol. The summed E-state index contributed by atoms with van der Waals surface area (Å²) in [6.45, 7) is 0. The fourth-order valence-electron chi connectivity index (χ4n) is 6.75. The van der Waals surface area contributed by atoms with Crippen molar-refractivity contribution < 1.29 is 19.1 Å². The number of nitrogens with zero attached hydrogens (tertiary/aromatic N) is 1. The van der Waals surface area contributed by atoms with Crippen LogP contribution in [0.5, 0.6) is 5.75 Å². The van der Waals surface area contributed by atoms with E-state index in [-0.39, 0.29) is 11.6 Å². The molecule has 7 rings (SSSR count). The standard InChI is InChI=1S/C46H38N4O4S2/c1-54-40-23-12-11-20-34(40)26-39(49-43(51)32-18-9-4-10-19-32)44(52)48-35-21-13-22-36(28-35)55-42(31-16-7-3-8-17-31)45(53)50-46-38(29-47)37-25-24-33(27-41(37)56-46)30-14-5-2-6-15-30/h2-23,26,28,33,42H,24-25,27H2,1H3,(H,48,52)(H,49,51)(H,50,53)/b39-26+. The molecular formula is C46H38N4O4S2. The van der Waals surface area contributed by atoms with Crippen LogP contribution in [0, 0.1) is 11.3 Å². The fraction of sp³-hybridized carbons (Fsp3) is 0.130. The summed E-state index contributed by atoms with van der Waals surface area (Å²) in [6, 6.07) is 45.4. The number of anilines is 2. The number of amides is 3. The summed E-state index contributed by atoms with van der Waals surface area (Å²) in [5.74, 6) is -0.331. The molecule has 0 fully saturated rings. The van der Waals surface area contributed by atoms with E-state index in [0.717, 1.165) is 40.2 Å². The maximum Gasteiger partial charge on any atom is 0.272 e. The quantitative estimate of drug-likeness (QED) is 0.0842. The highest BCUT2D eigenvalue weighted by atomic mass is 32.2. The molecular weight excluding hydrogens is 737 g/mol.